The van der Waals surface area contributed by atoms with Crippen molar-refractivity contribution >= 4 is 28.7 Å². The van der Waals surface area contributed by atoms with Gasteiger partial charge in [-0.1, -0.05) is 12.7 Å². The molecule has 0 radical (unpaired) electrons. The maximum absolute atomic E-state index is 9.50. The van der Waals surface area contributed by atoms with E-state index in [-0.39, 0.29) is 11.5 Å². The summed E-state index contributed by atoms with van der Waals surface area (Å²) in [5, 5.41) is 19.0. The molecule has 0 amide bonds. The lowest BCUT2D eigenvalue weighted by molar-refractivity contribution is 0.366. The fourth-order valence-electron chi connectivity index (χ4n) is 0.936. The van der Waals surface area contributed by atoms with Crippen LogP contribution in [0.4, 0.5) is 0 Å². The Morgan fingerprint density at radius 3 is 2.54 bits per heavy atom. The predicted octanol–water partition coefficient (Wildman–Crippen LogP) is 2.35. The summed E-state index contributed by atoms with van der Waals surface area (Å²) in [7, 11) is 1.45. The molecule has 0 saturated carbocycles. The van der Waals surface area contributed by atoms with E-state index in [4.69, 9.17) is 4.74 Å². The number of ether oxygens (including phenoxy) is 1. The van der Waals surface area contributed by atoms with Crippen LogP contribution in [0.25, 0.3) is 6.08 Å². The smallest absolute Gasteiger partial charge is 0.175 e. The molecule has 4 heteroatoms. The molecule has 2 N–H and O–H groups in total. The minimum atomic E-state index is -0.0498. The molecular formula is C9H9IO3. The van der Waals surface area contributed by atoms with Gasteiger partial charge in [-0.3, -0.25) is 0 Å². The van der Waals surface area contributed by atoms with E-state index in [0.29, 0.717) is 14.9 Å². The van der Waals surface area contributed by atoms with Crippen molar-refractivity contribution in [2.24, 2.45) is 0 Å². The van der Waals surface area contributed by atoms with Crippen LogP contribution in [0.3, 0.4) is 0 Å². The number of benzene rings is 1. The summed E-state index contributed by atoms with van der Waals surface area (Å²) in [6, 6.07) is 1.53. The summed E-state index contributed by atoms with van der Waals surface area (Å²) in [4.78, 5) is 0. The van der Waals surface area contributed by atoms with Gasteiger partial charge in [-0.25, -0.2) is 0 Å². The SMILES string of the molecule is C=Cc1cc(OC)c(O)c(I)c1O. The molecule has 0 saturated heterocycles. The van der Waals surface area contributed by atoms with Crippen LogP contribution in [0.1, 0.15) is 5.56 Å². The number of aromatic hydroxyl groups is 2. The molecule has 1 rings (SSSR count). The molecule has 1 aromatic carbocycles. The minimum absolute atomic E-state index is 0.0221. The zero-order valence-electron chi connectivity index (χ0n) is 7.04. The summed E-state index contributed by atoms with van der Waals surface area (Å²) >= 11 is 1.84. The summed E-state index contributed by atoms with van der Waals surface area (Å²) in [6.07, 6.45) is 1.50. The van der Waals surface area contributed by atoms with Gasteiger partial charge in [0.05, 0.1) is 7.11 Å². The van der Waals surface area contributed by atoms with Crippen molar-refractivity contribution in [3.05, 3.63) is 21.8 Å². The number of rotatable bonds is 2. The largest absolute Gasteiger partial charge is 0.506 e. The van der Waals surface area contributed by atoms with Crippen molar-refractivity contribution in [2.45, 2.75) is 0 Å². The molecule has 0 aliphatic heterocycles. The Hall–Kier alpha value is -0.910. The molecule has 1 aromatic rings. The molecule has 0 aliphatic rings. The van der Waals surface area contributed by atoms with Crippen molar-refractivity contribution in [2.75, 3.05) is 7.11 Å². The minimum Gasteiger partial charge on any atom is -0.506 e. The van der Waals surface area contributed by atoms with Gasteiger partial charge in [0, 0.05) is 5.56 Å². The molecule has 0 aromatic heterocycles. The third-order valence-electron chi connectivity index (χ3n) is 1.65. The first kappa shape index (κ1) is 10.2. The second kappa shape index (κ2) is 3.87. The van der Waals surface area contributed by atoms with Gasteiger partial charge in [-0.05, 0) is 28.7 Å². The Morgan fingerprint density at radius 2 is 2.08 bits per heavy atom. The van der Waals surface area contributed by atoms with Gasteiger partial charge in [0.2, 0.25) is 0 Å². The van der Waals surface area contributed by atoms with E-state index in [1.807, 2.05) is 22.6 Å². The summed E-state index contributed by atoms with van der Waals surface area (Å²) < 4.78 is 5.28. The molecule has 13 heavy (non-hydrogen) atoms. The second-order valence-electron chi connectivity index (χ2n) is 2.38. The highest BCUT2D eigenvalue weighted by atomic mass is 127. The van der Waals surface area contributed by atoms with Crippen LogP contribution in [-0.2, 0) is 0 Å². The number of halogens is 1. The van der Waals surface area contributed by atoms with Gasteiger partial charge < -0.3 is 14.9 Å². The van der Waals surface area contributed by atoms with Crippen LogP contribution in [0.5, 0.6) is 17.2 Å². The molecule has 0 spiro atoms. The lowest BCUT2D eigenvalue weighted by Gasteiger charge is -2.08. The molecule has 3 nitrogen and oxygen atoms in total. The van der Waals surface area contributed by atoms with Gasteiger partial charge in [0.25, 0.3) is 0 Å². The van der Waals surface area contributed by atoms with Crippen LogP contribution < -0.4 is 4.74 Å². The Labute approximate surface area is 89.8 Å². The van der Waals surface area contributed by atoms with Crippen LogP contribution in [-0.4, -0.2) is 17.3 Å². The van der Waals surface area contributed by atoms with E-state index in [9.17, 15) is 10.2 Å². The summed E-state index contributed by atoms with van der Waals surface area (Å²) in [5.41, 5.74) is 0.541. The number of hydrogen-bond acceptors (Lipinski definition) is 3. The third-order valence-corrected chi connectivity index (χ3v) is 2.67. The van der Waals surface area contributed by atoms with E-state index in [2.05, 4.69) is 6.58 Å². The van der Waals surface area contributed by atoms with Crippen molar-refractivity contribution in [3.63, 3.8) is 0 Å². The highest BCUT2D eigenvalue weighted by Crippen LogP contribution is 2.39. The second-order valence-corrected chi connectivity index (χ2v) is 3.46. The number of phenolic OH excluding ortho intramolecular Hbond substituents is 2. The molecular weight excluding hydrogens is 283 g/mol. The van der Waals surface area contributed by atoms with Crippen molar-refractivity contribution < 1.29 is 14.9 Å². The van der Waals surface area contributed by atoms with Crippen LogP contribution in [0, 0.1) is 3.57 Å². The first-order valence-electron chi connectivity index (χ1n) is 3.52. The van der Waals surface area contributed by atoms with Crippen molar-refractivity contribution in [1.82, 2.24) is 0 Å². The van der Waals surface area contributed by atoms with Gasteiger partial charge >= 0.3 is 0 Å². The van der Waals surface area contributed by atoms with Gasteiger partial charge in [-0.15, -0.1) is 0 Å². The summed E-state index contributed by atoms with van der Waals surface area (Å²) in [6.45, 7) is 3.54. The molecule has 0 fully saturated rings. The maximum atomic E-state index is 9.50. The van der Waals surface area contributed by atoms with Crippen molar-refractivity contribution in [1.29, 1.82) is 0 Å². The van der Waals surface area contributed by atoms with E-state index in [0.717, 1.165) is 0 Å². The molecule has 0 heterocycles. The highest BCUT2D eigenvalue weighted by molar-refractivity contribution is 14.1. The Morgan fingerprint density at radius 1 is 1.46 bits per heavy atom. The molecule has 0 unspecified atom stereocenters. The monoisotopic (exact) mass is 292 g/mol. The predicted molar refractivity (Wildman–Crippen MR) is 59.1 cm³/mol. The van der Waals surface area contributed by atoms with Gasteiger partial charge in [0.15, 0.2) is 11.5 Å². The van der Waals surface area contributed by atoms with Crippen molar-refractivity contribution in [3.8, 4) is 17.2 Å². The number of methoxy groups -OCH3 is 1. The normalized spacial score (nSPS) is 9.69. The maximum Gasteiger partial charge on any atom is 0.175 e. The lowest BCUT2D eigenvalue weighted by Crippen LogP contribution is -1.88. The first-order valence-corrected chi connectivity index (χ1v) is 4.60. The highest BCUT2D eigenvalue weighted by Gasteiger charge is 2.13. The van der Waals surface area contributed by atoms with Crippen LogP contribution in [0.15, 0.2) is 12.6 Å². The summed E-state index contributed by atoms with van der Waals surface area (Å²) in [5.74, 6) is 0.303. The molecule has 0 bridgehead atoms. The molecule has 0 aliphatic carbocycles. The van der Waals surface area contributed by atoms with Crippen LogP contribution >= 0.6 is 22.6 Å². The van der Waals surface area contributed by atoms with E-state index in [1.165, 1.54) is 19.3 Å². The third kappa shape index (κ3) is 1.72. The number of hydrogen-bond donors (Lipinski definition) is 2. The Bertz CT molecular complexity index is 347. The zero-order chi connectivity index (χ0) is 10.0. The van der Waals surface area contributed by atoms with Gasteiger partial charge in [-0.2, -0.15) is 0 Å². The van der Waals surface area contributed by atoms with E-state index < -0.39 is 0 Å². The lowest BCUT2D eigenvalue weighted by atomic mass is 10.2. The molecule has 70 valence electrons. The Kier molecular flexibility index (Phi) is 3.02. The quantitative estimate of drug-likeness (QED) is 0.823. The fraction of sp³-hybridized carbons (Fsp3) is 0.111. The van der Waals surface area contributed by atoms with Crippen LogP contribution in [0.2, 0.25) is 0 Å². The van der Waals surface area contributed by atoms with E-state index >= 15 is 0 Å². The zero-order valence-corrected chi connectivity index (χ0v) is 9.20. The average Bonchev–Trinajstić information content (AvgIpc) is 2.15. The Balaban J connectivity index is 3.45. The fourth-order valence-corrected chi connectivity index (χ4v) is 1.51. The average molecular weight is 292 g/mol. The van der Waals surface area contributed by atoms with Gasteiger partial charge in [0.1, 0.15) is 9.32 Å². The topological polar surface area (TPSA) is 49.7 Å². The van der Waals surface area contributed by atoms with E-state index in [1.54, 1.807) is 0 Å². The molecule has 0 atom stereocenters. The first-order chi connectivity index (χ1) is 6.11. The standard InChI is InChI=1S/C9H9IO3/c1-3-5-4-6(13-2)9(12)7(10)8(5)11/h3-4,11-12H,1H2,2H3. The number of phenols is 2.